The Hall–Kier alpha value is -2.82. The third kappa shape index (κ3) is 6.33. The molecule has 0 bridgehead atoms. The van der Waals surface area contributed by atoms with Crippen LogP contribution in [0.5, 0.6) is 5.75 Å². The first-order valence-corrected chi connectivity index (χ1v) is 11.1. The second-order valence-corrected chi connectivity index (χ2v) is 9.34. The summed E-state index contributed by atoms with van der Waals surface area (Å²) in [5.74, 6) is 0.708. The second kappa shape index (κ2) is 9.99. The van der Waals surface area contributed by atoms with Crippen LogP contribution in [-0.4, -0.2) is 35.9 Å². The predicted octanol–water partition coefficient (Wildman–Crippen LogP) is 4.31. The summed E-state index contributed by atoms with van der Waals surface area (Å²) in [6.07, 6.45) is 0.802. The lowest BCUT2D eigenvalue weighted by Gasteiger charge is -2.33. The van der Waals surface area contributed by atoms with Crippen LogP contribution in [0.4, 0.5) is 0 Å². The van der Waals surface area contributed by atoms with E-state index in [0.717, 1.165) is 5.56 Å². The van der Waals surface area contributed by atoms with Crippen molar-refractivity contribution in [1.29, 1.82) is 0 Å². The van der Waals surface area contributed by atoms with Crippen molar-refractivity contribution in [3.8, 4) is 5.75 Å². The van der Waals surface area contributed by atoms with Crippen LogP contribution in [0.25, 0.3) is 0 Å². The van der Waals surface area contributed by atoms with E-state index >= 15 is 0 Å². The molecule has 3 rings (SSSR count). The normalized spacial score (nSPS) is 15.9. The van der Waals surface area contributed by atoms with E-state index in [2.05, 4.69) is 32.2 Å². The Morgan fingerprint density at radius 1 is 1.06 bits per heavy atom. The fraction of sp³-hybridized carbons (Fsp3) is 0.462. The number of nitrogens with one attached hydrogen (secondary N) is 1. The molecule has 1 heterocycles. The third-order valence-electron chi connectivity index (χ3n) is 5.85. The molecule has 31 heavy (non-hydrogen) atoms. The zero-order chi connectivity index (χ0) is 22.4. The Labute approximate surface area is 185 Å². The molecule has 0 aromatic heterocycles. The molecular weight excluding hydrogens is 388 g/mol. The summed E-state index contributed by atoms with van der Waals surface area (Å²) in [5.41, 5.74) is 2.28. The quantitative estimate of drug-likeness (QED) is 0.755. The Kier molecular flexibility index (Phi) is 7.37. The Bertz CT molecular complexity index is 881. The van der Waals surface area contributed by atoms with Crippen LogP contribution in [-0.2, 0) is 21.5 Å². The lowest BCUT2D eigenvalue weighted by Crippen LogP contribution is -2.47. The number of benzene rings is 2. The minimum atomic E-state index is -0.557. The molecule has 2 amide bonds. The maximum absolute atomic E-state index is 12.9. The molecule has 0 aliphatic carbocycles. The number of carbonyl (C=O) groups is 2. The van der Waals surface area contributed by atoms with Crippen molar-refractivity contribution in [3.63, 3.8) is 0 Å². The SMILES string of the molecule is C[C@@H](Oc1cccc(C(C)(C)C)c1)C(=O)N1CCC(C(=O)NCc2ccccc2)CC1. The van der Waals surface area contributed by atoms with Crippen LogP contribution in [0.15, 0.2) is 54.6 Å². The van der Waals surface area contributed by atoms with Gasteiger partial charge in [-0.1, -0.05) is 63.2 Å². The lowest BCUT2D eigenvalue weighted by molar-refractivity contribution is -0.141. The van der Waals surface area contributed by atoms with Gasteiger partial charge in [-0.3, -0.25) is 9.59 Å². The predicted molar refractivity (Wildman–Crippen MR) is 123 cm³/mol. The molecule has 5 nitrogen and oxygen atoms in total. The van der Waals surface area contributed by atoms with Gasteiger partial charge in [0.1, 0.15) is 5.75 Å². The molecule has 1 aliphatic heterocycles. The monoisotopic (exact) mass is 422 g/mol. The standard InChI is InChI=1S/C26H34N2O3/c1-19(31-23-12-8-11-22(17-23)26(2,3)4)25(30)28-15-13-21(14-16-28)24(29)27-18-20-9-6-5-7-10-20/h5-12,17,19,21H,13-16,18H2,1-4H3,(H,27,29)/t19-/m1/s1. The number of hydrogen-bond acceptors (Lipinski definition) is 3. The minimum absolute atomic E-state index is 0.0234. The molecule has 0 unspecified atom stereocenters. The van der Waals surface area contributed by atoms with Crippen molar-refractivity contribution >= 4 is 11.8 Å². The van der Waals surface area contributed by atoms with Gasteiger partial charge in [0.15, 0.2) is 6.10 Å². The number of amides is 2. The smallest absolute Gasteiger partial charge is 0.263 e. The maximum atomic E-state index is 12.9. The average molecular weight is 423 g/mol. The van der Waals surface area contributed by atoms with Crippen molar-refractivity contribution in [3.05, 3.63) is 65.7 Å². The van der Waals surface area contributed by atoms with Crippen LogP contribution in [0, 0.1) is 5.92 Å². The molecular formula is C26H34N2O3. The molecule has 2 aromatic carbocycles. The van der Waals surface area contributed by atoms with Gasteiger partial charge < -0.3 is 15.0 Å². The first-order chi connectivity index (χ1) is 14.7. The van der Waals surface area contributed by atoms with Gasteiger partial charge in [-0.15, -0.1) is 0 Å². The summed E-state index contributed by atoms with van der Waals surface area (Å²) in [6, 6.07) is 17.8. The molecule has 1 N–H and O–H groups in total. The highest BCUT2D eigenvalue weighted by atomic mass is 16.5. The van der Waals surface area contributed by atoms with Crippen molar-refractivity contribution in [2.75, 3.05) is 13.1 Å². The highest BCUT2D eigenvalue weighted by molar-refractivity contribution is 5.82. The average Bonchev–Trinajstić information content (AvgIpc) is 2.77. The van der Waals surface area contributed by atoms with Crippen molar-refractivity contribution in [2.45, 2.75) is 58.6 Å². The molecule has 2 aromatic rings. The van der Waals surface area contributed by atoms with Crippen LogP contribution in [0.2, 0.25) is 0 Å². The first-order valence-electron chi connectivity index (χ1n) is 11.1. The molecule has 1 fully saturated rings. The zero-order valence-corrected chi connectivity index (χ0v) is 19.1. The van der Waals surface area contributed by atoms with E-state index in [9.17, 15) is 9.59 Å². The van der Waals surface area contributed by atoms with E-state index in [1.165, 1.54) is 5.56 Å². The van der Waals surface area contributed by atoms with Gasteiger partial charge in [-0.2, -0.15) is 0 Å². The molecule has 0 spiro atoms. The molecule has 0 radical (unpaired) electrons. The van der Waals surface area contributed by atoms with E-state index in [1.54, 1.807) is 6.92 Å². The van der Waals surface area contributed by atoms with Crippen LogP contribution in [0.3, 0.4) is 0 Å². The number of likely N-dealkylation sites (tertiary alicyclic amines) is 1. The molecule has 1 aliphatic rings. The maximum Gasteiger partial charge on any atom is 0.263 e. The van der Waals surface area contributed by atoms with Gasteiger partial charge in [0, 0.05) is 25.6 Å². The van der Waals surface area contributed by atoms with Gasteiger partial charge in [0.25, 0.3) is 5.91 Å². The van der Waals surface area contributed by atoms with Gasteiger partial charge >= 0.3 is 0 Å². The Morgan fingerprint density at radius 2 is 1.74 bits per heavy atom. The van der Waals surface area contributed by atoms with E-state index in [0.29, 0.717) is 38.2 Å². The summed E-state index contributed by atoms with van der Waals surface area (Å²) in [5, 5.41) is 3.02. The van der Waals surface area contributed by atoms with Gasteiger partial charge in [0.2, 0.25) is 5.91 Å². The summed E-state index contributed by atoms with van der Waals surface area (Å²) in [7, 11) is 0. The summed E-state index contributed by atoms with van der Waals surface area (Å²) in [6.45, 7) is 9.96. The summed E-state index contributed by atoms with van der Waals surface area (Å²) < 4.78 is 5.96. The number of ether oxygens (including phenoxy) is 1. The number of hydrogen-bond donors (Lipinski definition) is 1. The number of nitrogens with zero attached hydrogens (tertiary/aromatic N) is 1. The van der Waals surface area contributed by atoms with Crippen molar-refractivity contribution in [1.82, 2.24) is 10.2 Å². The fourth-order valence-corrected chi connectivity index (χ4v) is 3.84. The van der Waals surface area contributed by atoms with Gasteiger partial charge in [-0.25, -0.2) is 0 Å². The minimum Gasteiger partial charge on any atom is -0.481 e. The molecule has 1 atom stereocenters. The fourth-order valence-electron chi connectivity index (χ4n) is 3.84. The van der Waals surface area contributed by atoms with E-state index in [1.807, 2.05) is 53.4 Å². The zero-order valence-electron chi connectivity index (χ0n) is 19.1. The highest BCUT2D eigenvalue weighted by Gasteiger charge is 2.30. The largest absolute Gasteiger partial charge is 0.481 e. The highest BCUT2D eigenvalue weighted by Crippen LogP contribution is 2.26. The summed E-state index contributed by atoms with van der Waals surface area (Å²) in [4.78, 5) is 27.2. The van der Waals surface area contributed by atoms with Crippen LogP contribution in [0.1, 0.15) is 51.7 Å². The summed E-state index contributed by atoms with van der Waals surface area (Å²) >= 11 is 0. The van der Waals surface area contributed by atoms with Crippen molar-refractivity contribution < 1.29 is 14.3 Å². The molecule has 0 saturated carbocycles. The van der Waals surface area contributed by atoms with Crippen LogP contribution < -0.4 is 10.1 Å². The van der Waals surface area contributed by atoms with E-state index < -0.39 is 6.10 Å². The Balaban J connectivity index is 1.47. The van der Waals surface area contributed by atoms with Gasteiger partial charge in [-0.05, 0) is 48.4 Å². The Morgan fingerprint density at radius 3 is 2.39 bits per heavy atom. The number of carbonyl (C=O) groups excluding carboxylic acids is 2. The van der Waals surface area contributed by atoms with Crippen LogP contribution >= 0.6 is 0 Å². The number of piperidine rings is 1. The van der Waals surface area contributed by atoms with Gasteiger partial charge in [0.05, 0.1) is 0 Å². The van der Waals surface area contributed by atoms with E-state index in [-0.39, 0.29) is 23.1 Å². The third-order valence-corrected chi connectivity index (χ3v) is 5.85. The first kappa shape index (κ1) is 22.9. The second-order valence-electron chi connectivity index (χ2n) is 9.34. The number of rotatable bonds is 6. The molecule has 5 heteroatoms. The van der Waals surface area contributed by atoms with E-state index in [4.69, 9.17) is 4.74 Å². The lowest BCUT2D eigenvalue weighted by atomic mass is 9.87. The van der Waals surface area contributed by atoms with Crippen molar-refractivity contribution in [2.24, 2.45) is 5.92 Å². The topological polar surface area (TPSA) is 58.6 Å². The molecule has 1 saturated heterocycles. The molecule has 166 valence electrons.